The fourth-order valence-corrected chi connectivity index (χ4v) is 6.74. The number of rotatable bonds is 17. The highest BCUT2D eigenvalue weighted by Gasteiger charge is 2.23. The van der Waals surface area contributed by atoms with Gasteiger partial charge in [0.15, 0.2) is 5.78 Å². The van der Waals surface area contributed by atoms with Gasteiger partial charge in [0.1, 0.15) is 11.4 Å². The van der Waals surface area contributed by atoms with Gasteiger partial charge in [-0.05, 0) is 76.4 Å². The van der Waals surface area contributed by atoms with Crippen molar-refractivity contribution in [2.75, 3.05) is 24.1 Å². The van der Waals surface area contributed by atoms with E-state index in [4.69, 9.17) is 16.5 Å². The largest absolute Gasteiger partial charge is 0.369 e. The van der Waals surface area contributed by atoms with Crippen LogP contribution < -0.4 is 22.1 Å². The zero-order chi connectivity index (χ0) is 36.9. The molecule has 272 valence electrons. The van der Waals surface area contributed by atoms with Crippen LogP contribution >= 0.6 is 0 Å². The summed E-state index contributed by atoms with van der Waals surface area (Å²) in [5, 5.41) is 15.7. The van der Waals surface area contributed by atoms with Gasteiger partial charge in [0.2, 0.25) is 17.8 Å². The number of amides is 2. The van der Waals surface area contributed by atoms with Gasteiger partial charge in [0.25, 0.3) is 5.91 Å². The molecule has 6 aromatic rings. The standard InChI is InChI=1S/C37H46N12O3/c1-5-48-33(27(24(3)45-48)11-7-6-10-18-49-32(25(4)50)21-23(2)44-49)35(52)43-37-42-29-22-26(34(38)51)14-15-31(29)47(37)20-17-40-16-19-46-30-13-9-8-12-28(30)41-36(46)39/h8-9,12-15,21-22,40H,5-7,10-11,16-20H2,1-4H3,(H2,38,51)(H2,39,41)(H,42,43,52). The van der Waals surface area contributed by atoms with E-state index < -0.39 is 5.91 Å². The zero-order valence-electron chi connectivity index (χ0n) is 30.1. The topological polar surface area (TPSA) is 199 Å². The number of para-hydroxylation sites is 2. The first-order chi connectivity index (χ1) is 25.0. The molecule has 0 spiro atoms. The number of nitrogens with two attached hydrogens (primary N) is 2. The fraction of sp³-hybridized carbons (Fsp3) is 0.378. The number of carbonyl (C=O) groups excluding carboxylic acids is 3. The van der Waals surface area contributed by atoms with Crippen LogP contribution in [0.4, 0.5) is 11.9 Å². The van der Waals surface area contributed by atoms with E-state index in [1.54, 1.807) is 34.5 Å². The molecule has 6 N–H and O–H groups in total. The number of nitrogens with zero attached hydrogens (tertiary/aromatic N) is 8. The lowest BCUT2D eigenvalue weighted by atomic mass is 10.0. The number of unbranched alkanes of at least 4 members (excludes halogenated alkanes) is 2. The maximum Gasteiger partial charge on any atom is 0.276 e. The summed E-state index contributed by atoms with van der Waals surface area (Å²) in [6, 6.07) is 14.8. The lowest BCUT2D eigenvalue weighted by Crippen LogP contribution is -2.26. The number of carbonyl (C=O) groups is 3. The second-order valence-electron chi connectivity index (χ2n) is 13.0. The normalized spacial score (nSPS) is 11.5. The minimum absolute atomic E-state index is 0.00186. The molecular weight excluding hydrogens is 660 g/mol. The van der Waals surface area contributed by atoms with E-state index in [0.29, 0.717) is 80.1 Å². The molecule has 0 atom stereocenters. The van der Waals surface area contributed by atoms with E-state index in [1.807, 2.05) is 60.2 Å². The van der Waals surface area contributed by atoms with Crippen LogP contribution in [-0.2, 0) is 32.6 Å². The number of benzene rings is 2. The Morgan fingerprint density at radius 2 is 1.58 bits per heavy atom. The van der Waals surface area contributed by atoms with E-state index in [9.17, 15) is 14.4 Å². The minimum Gasteiger partial charge on any atom is -0.369 e. The third-order valence-electron chi connectivity index (χ3n) is 9.29. The number of fused-ring (bicyclic) bond motifs is 2. The number of hydrogen-bond donors (Lipinski definition) is 4. The highest BCUT2D eigenvalue weighted by atomic mass is 16.2. The lowest BCUT2D eigenvalue weighted by Gasteiger charge is -2.13. The SMILES string of the molecule is CCn1nc(C)c(CCCCCn2nc(C)cc2C(C)=O)c1C(=O)Nc1nc2cc(C(N)=O)ccc2n1CCNCCn1c(N)nc2ccccc21. The van der Waals surface area contributed by atoms with Gasteiger partial charge in [0.05, 0.1) is 33.5 Å². The van der Waals surface area contributed by atoms with Gasteiger partial charge in [-0.3, -0.25) is 29.1 Å². The maximum atomic E-state index is 14.1. The average molecular weight is 707 g/mol. The smallest absolute Gasteiger partial charge is 0.276 e. The van der Waals surface area contributed by atoms with Crippen LogP contribution in [0.5, 0.6) is 0 Å². The summed E-state index contributed by atoms with van der Waals surface area (Å²) in [6.07, 6.45) is 3.25. The maximum absolute atomic E-state index is 14.1. The highest BCUT2D eigenvalue weighted by Crippen LogP contribution is 2.24. The van der Waals surface area contributed by atoms with Crippen molar-refractivity contribution >= 4 is 51.6 Å². The molecule has 6 rings (SSSR count). The van der Waals surface area contributed by atoms with Gasteiger partial charge in [-0.2, -0.15) is 10.2 Å². The molecule has 15 nitrogen and oxygen atoms in total. The summed E-state index contributed by atoms with van der Waals surface area (Å²) in [5.74, 6) is -0.0375. The summed E-state index contributed by atoms with van der Waals surface area (Å²) in [5.41, 5.74) is 18.9. The molecule has 0 radical (unpaired) electrons. The van der Waals surface area contributed by atoms with Crippen LogP contribution in [0.1, 0.15) is 81.4 Å². The lowest BCUT2D eigenvalue weighted by molar-refractivity contribution is 0.0993. The summed E-state index contributed by atoms with van der Waals surface area (Å²) in [4.78, 5) is 47.2. The van der Waals surface area contributed by atoms with E-state index in [2.05, 4.69) is 25.8 Å². The van der Waals surface area contributed by atoms with E-state index in [0.717, 1.165) is 52.8 Å². The van der Waals surface area contributed by atoms with Gasteiger partial charge < -0.3 is 25.9 Å². The van der Waals surface area contributed by atoms with E-state index >= 15 is 0 Å². The first-order valence-electron chi connectivity index (χ1n) is 17.7. The first kappa shape index (κ1) is 36.0. The first-order valence-corrected chi connectivity index (χ1v) is 17.7. The molecule has 0 saturated carbocycles. The van der Waals surface area contributed by atoms with Gasteiger partial charge in [-0.25, -0.2) is 9.97 Å². The molecule has 0 fully saturated rings. The predicted octanol–water partition coefficient (Wildman–Crippen LogP) is 4.25. The Labute approximate surface area is 301 Å². The number of nitrogen functional groups attached to an aromatic ring is 1. The molecule has 15 heteroatoms. The zero-order valence-corrected chi connectivity index (χ0v) is 30.1. The van der Waals surface area contributed by atoms with Crippen molar-refractivity contribution in [2.45, 2.75) is 79.6 Å². The Balaban J connectivity index is 1.15. The fourth-order valence-electron chi connectivity index (χ4n) is 6.74. The molecule has 2 aromatic carbocycles. The van der Waals surface area contributed by atoms with Gasteiger partial charge in [0, 0.05) is 57.3 Å². The molecule has 4 heterocycles. The molecule has 2 amide bonds. The quantitative estimate of drug-likeness (QED) is 0.0791. The molecule has 0 aliphatic heterocycles. The predicted molar refractivity (Wildman–Crippen MR) is 200 cm³/mol. The summed E-state index contributed by atoms with van der Waals surface area (Å²) >= 11 is 0. The number of primary amides is 1. The number of aromatic nitrogens is 8. The van der Waals surface area contributed by atoms with Gasteiger partial charge in [-0.15, -0.1) is 0 Å². The van der Waals surface area contributed by atoms with Crippen molar-refractivity contribution in [1.29, 1.82) is 0 Å². The molecule has 0 saturated heterocycles. The minimum atomic E-state index is -0.555. The summed E-state index contributed by atoms with van der Waals surface area (Å²) in [7, 11) is 0. The highest BCUT2D eigenvalue weighted by molar-refractivity contribution is 6.04. The number of Topliss-reactive ketones (excluding diaryl/α,β-unsaturated/α-hetero) is 1. The van der Waals surface area contributed by atoms with Crippen molar-refractivity contribution in [3.8, 4) is 0 Å². The van der Waals surface area contributed by atoms with Crippen molar-refractivity contribution < 1.29 is 14.4 Å². The van der Waals surface area contributed by atoms with Crippen LogP contribution in [-0.4, -0.2) is 69.4 Å². The monoisotopic (exact) mass is 706 g/mol. The van der Waals surface area contributed by atoms with Gasteiger partial charge >= 0.3 is 0 Å². The summed E-state index contributed by atoms with van der Waals surface area (Å²) < 4.78 is 7.42. The number of aryl methyl sites for hydroxylation is 4. The number of imidazole rings is 2. The second-order valence-corrected chi connectivity index (χ2v) is 13.0. The molecule has 4 aromatic heterocycles. The Kier molecular flexibility index (Phi) is 10.8. The Morgan fingerprint density at radius 1 is 0.827 bits per heavy atom. The molecule has 0 aliphatic carbocycles. The van der Waals surface area contributed by atoms with Crippen LogP contribution in [0.25, 0.3) is 22.1 Å². The average Bonchev–Trinajstić information content (AvgIpc) is 3.85. The van der Waals surface area contributed by atoms with Gasteiger partial charge in [-0.1, -0.05) is 18.6 Å². The van der Waals surface area contributed by atoms with Crippen LogP contribution in [0.15, 0.2) is 48.5 Å². The van der Waals surface area contributed by atoms with Crippen molar-refractivity contribution in [3.05, 3.63) is 82.4 Å². The third-order valence-corrected chi connectivity index (χ3v) is 9.29. The number of nitrogens with one attached hydrogen (secondary N) is 2. The number of hydrogen-bond acceptors (Lipinski definition) is 9. The Bertz CT molecular complexity index is 2260. The van der Waals surface area contributed by atoms with Crippen molar-refractivity contribution in [2.24, 2.45) is 5.73 Å². The van der Waals surface area contributed by atoms with Crippen LogP contribution in [0.3, 0.4) is 0 Å². The van der Waals surface area contributed by atoms with E-state index in [-0.39, 0.29) is 11.7 Å². The van der Waals surface area contributed by atoms with E-state index in [1.165, 1.54) is 0 Å². The molecule has 0 unspecified atom stereocenters. The Morgan fingerprint density at radius 3 is 2.33 bits per heavy atom. The number of ketones is 1. The van der Waals surface area contributed by atoms with Crippen LogP contribution in [0.2, 0.25) is 0 Å². The Hall–Kier alpha value is -5.83. The third kappa shape index (κ3) is 7.59. The molecular formula is C37H46N12O3. The van der Waals surface area contributed by atoms with Crippen molar-refractivity contribution in [1.82, 2.24) is 44.0 Å². The second kappa shape index (κ2) is 15.6. The number of anilines is 2. The molecule has 52 heavy (non-hydrogen) atoms. The van der Waals surface area contributed by atoms with Crippen molar-refractivity contribution in [3.63, 3.8) is 0 Å². The molecule has 0 bridgehead atoms. The van der Waals surface area contributed by atoms with Crippen LogP contribution in [0, 0.1) is 13.8 Å². The summed E-state index contributed by atoms with van der Waals surface area (Å²) in [6.45, 7) is 10.8. The molecule has 0 aliphatic rings.